The second-order valence-electron chi connectivity index (χ2n) is 5.29. The summed E-state index contributed by atoms with van der Waals surface area (Å²) < 4.78 is 19.0. The highest BCUT2D eigenvalue weighted by atomic mass is 19.1. The Labute approximate surface area is 129 Å². The van der Waals surface area contributed by atoms with Gasteiger partial charge in [-0.3, -0.25) is 4.90 Å². The van der Waals surface area contributed by atoms with Crippen molar-refractivity contribution in [3.05, 3.63) is 78.1 Å². The van der Waals surface area contributed by atoms with Gasteiger partial charge in [0.2, 0.25) is 5.89 Å². The molecule has 0 N–H and O–H groups in total. The molecule has 3 aromatic rings. The van der Waals surface area contributed by atoms with Crippen molar-refractivity contribution in [1.29, 1.82) is 0 Å². The quantitative estimate of drug-likeness (QED) is 0.709. The first kappa shape index (κ1) is 14.5. The highest BCUT2D eigenvalue weighted by molar-refractivity contribution is 5.55. The Morgan fingerprint density at radius 2 is 1.86 bits per heavy atom. The van der Waals surface area contributed by atoms with Gasteiger partial charge in [-0.2, -0.15) is 0 Å². The summed E-state index contributed by atoms with van der Waals surface area (Å²) in [5.41, 5.74) is 1.94. The first-order valence-corrected chi connectivity index (χ1v) is 7.14. The standard InChI is InChI=1S/C18H17FN2O/c1-21(12-14-6-5-9-16(19)10-14)13-18-20-11-17(22-18)15-7-3-2-4-8-15/h2-11H,12-13H2,1H3. The highest BCUT2D eigenvalue weighted by Crippen LogP contribution is 2.20. The van der Waals surface area contributed by atoms with Crippen molar-refractivity contribution in [2.45, 2.75) is 13.1 Å². The third kappa shape index (κ3) is 3.59. The molecule has 4 heteroatoms. The maximum Gasteiger partial charge on any atom is 0.209 e. The van der Waals surface area contributed by atoms with Gasteiger partial charge in [-0.05, 0) is 24.7 Å². The van der Waals surface area contributed by atoms with Gasteiger partial charge in [0.1, 0.15) is 5.82 Å². The molecular formula is C18H17FN2O. The van der Waals surface area contributed by atoms with E-state index in [4.69, 9.17) is 4.42 Å². The molecule has 2 aromatic carbocycles. The predicted molar refractivity (Wildman–Crippen MR) is 83.5 cm³/mol. The Hall–Kier alpha value is -2.46. The number of nitrogens with zero attached hydrogens (tertiary/aromatic N) is 2. The second-order valence-corrected chi connectivity index (χ2v) is 5.29. The molecule has 0 saturated carbocycles. The van der Waals surface area contributed by atoms with Crippen LogP contribution in [-0.4, -0.2) is 16.9 Å². The lowest BCUT2D eigenvalue weighted by Crippen LogP contribution is -2.17. The van der Waals surface area contributed by atoms with Crippen LogP contribution in [0.1, 0.15) is 11.5 Å². The monoisotopic (exact) mass is 296 g/mol. The summed E-state index contributed by atoms with van der Waals surface area (Å²) in [5, 5.41) is 0. The van der Waals surface area contributed by atoms with Crippen LogP contribution in [0.5, 0.6) is 0 Å². The summed E-state index contributed by atoms with van der Waals surface area (Å²) in [5.74, 6) is 1.20. The van der Waals surface area contributed by atoms with E-state index in [0.29, 0.717) is 19.0 Å². The van der Waals surface area contributed by atoms with E-state index in [-0.39, 0.29) is 5.82 Å². The van der Waals surface area contributed by atoms with Gasteiger partial charge in [0.15, 0.2) is 5.76 Å². The molecule has 0 saturated heterocycles. The molecule has 0 aliphatic rings. The molecule has 0 unspecified atom stereocenters. The largest absolute Gasteiger partial charge is 0.439 e. The zero-order valence-corrected chi connectivity index (χ0v) is 12.4. The Bertz CT molecular complexity index is 740. The fourth-order valence-corrected chi connectivity index (χ4v) is 2.35. The average molecular weight is 296 g/mol. The molecule has 0 aliphatic heterocycles. The van der Waals surface area contributed by atoms with Crippen LogP contribution in [0.2, 0.25) is 0 Å². The van der Waals surface area contributed by atoms with Crippen LogP contribution in [-0.2, 0) is 13.1 Å². The van der Waals surface area contributed by atoms with Crippen molar-refractivity contribution in [3.63, 3.8) is 0 Å². The van der Waals surface area contributed by atoms with Crippen LogP contribution < -0.4 is 0 Å². The maximum absolute atomic E-state index is 13.2. The van der Waals surface area contributed by atoms with Crippen LogP contribution in [0.3, 0.4) is 0 Å². The summed E-state index contributed by atoms with van der Waals surface area (Å²) >= 11 is 0. The van der Waals surface area contributed by atoms with Gasteiger partial charge < -0.3 is 4.42 Å². The molecule has 1 heterocycles. The van der Waals surface area contributed by atoms with Gasteiger partial charge in [0, 0.05) is 12.1 Å². The van der Waals surface area contributed by atoms with E-state index in [0.717, 1.165) is 16.9 Å². The normalized spacial score (nSPS) is 11.0. The fourth-order valence-electron chi connectivity index (χ4n) is 2.35. The minimum Gasteiger partial charge on any atom is -0.439 e. The Morgan fingerprint density at radius 1 is 1.05 bits per heavy atom. The van der Waals surface area contributed by atoms with Crippen LogP contribution in [0.4, 0.5) is 4.39 Å². The van der Waals surface area contributed by atoms with Gasteiger partial charge in [-0.1, -0.05) is 42.5 Å². The number of halogens is 1. The van der Waals surface area contributed by atoms with Crippen molar-refractivity contribution < 1.29 is 8.81 Å². The fraction of sp³-hybridized carbons (Fsp3) is 0.167. The molecule has 1 aromatic heterocycles. The predicted octanol–water partition coefficient (Wildman–Crippen LogP) is 4.11. The molecule has 0 aliphatic carbocycles. The van der Waals surface area contributed by atoms with E-state index < -0.39 is 0 Å². The lowest BCUT2D eigenvalue weighted by atomic mass is 10.2. The van der Waals surface area contributed by atoms with Crippen molar-refractivity contribution in [3.8, 4) is 11.3 Å². The van der Waals surface area contributed by atoms with Crippen LogP contribution in [0, 0.1) is 5.82 Å². The first-order valence-electron chi connectivity index (χ1n) is 7.14. The lowest BCUT2D eigenvalue weighted by Gasteiger charge is -2.14. The SMILES string of the molecule is CN(Cc1cccc(F)c1)Cc1ncc(-c2ccccc2)o1. The Balaban J connectivity index is 1.65. The number of hydrogen-bond acceptors (Lipinski definition) is 3. The van der Waals surface area contributed by atoms with Crippen LogP contribution in [0.25, 0.3) is 11.3 Å². The van der Waals surface area contributed by atoms with E-state index >= 15 is 0 Å². The first-order chi connectivity index (χ1) is 10.7. The van der Waals surface area contributed by atoms with Crippen molar-refractivity contribution in [2.24, 2.45) is 0 Å². The average Bonchev–Trinajstić information content (AvgIpc) is 2.96. The molecule has 0 atom stereocenters. The molecule has 3 nitrogen and oxygen atoms in total. The minimum absolute atomic E-state index is 0.214. The Kier molecular flexibility index (Phi) is 4.30. The van der Waals surface area contributed by atoms with Gasteiger partial charge in [0.05, 0.1) is 12.7 Å². The summed E-state index contributed by atoms with van der Waals surface area (Å²) in [7, 11) is 1.96. The third-order valence-electron chi connectivity index (χ3n) is 3.36. The summed E-state index contributed by atoms with van der Waals surface area (Å²) in [6.07, 6.45) is 1.74. The smallest absolute Gasteiger partial charge is 0.209 e. The molecule has 3 rings (SSSR count). The molecule has 112 valence electrons. The molecule has 0 amide bonds. The van der Waals surface area contributed by atoms with Gasteiger partial charge in [0.25, 0.3) is 0 Å². The summed E-state index contributed by atoms with van der Waals surface area (Å²) in [6, 6.07) is 16.5. The van der Waals surface area contributed by atoms with Gasteiger partial charge in [-0.15, -0.1) is 0 Å². The summed E-state index contributed by atoms with van der Waals surface area (Å²) in [6.45, 7) is 1.21. The molecule has 22 heavy (non-hydrogen) atoms. The van der Waals surface area contributed by atoms with Gasteiger partial charge >= 0.3 is 0 Å². The highest BCUT2D eigenvalue weighted by Gasteiger charge is 2.09. The summed E-state index contributed by atoms with van der Waals surface area (Å²) in [4.78, 5) is 6.35. The second kappa shape index (κ2) is 6.54. The van der Waals surface area contributed by atoms with Crippen molar-refractivity contribution >= 4 is 0 Å². The van der Waals surface area contributed by atoms with E-state index in [1.807, 2.05) is 48.3 Å². The number of hydrogen-bond donors (Lipinski definition) is 0. The van der Waals surface area contributed by atoms with E-state index in [1.54, 1.807) is 18.3 Å². The number of rotatable bonds is 5. The van der Waals surface area contributed by atoms with Crippen molar-refractivity contribution in [2.75, 3.05) is 7.05 Å². The molecule has 0 radical (unpaired) electrons. The van der Waals surface area contributed by atoms with E-state index in [1.165, 1.54) is 6.07 Å². The number of aromatic nitrogens is 1. The molecular weight excluding hydrogens is 279 g/mol. The topological polar surface area (TPSA) is 29.3 Å². The Morgan fingerprint density at radius 3 is 2.64 bits per heavy atom. The number of oxazole rings is 1. The zero-order chi connectivity index (χ0) is 15.4. The zero-order valence-electron chi connectivity index (χ0n) is 12.4. The van der Waals surface area contributed by atoms with E-state index in [2.05, 4.69) is 4.98 Å². The van der Waals surface area contributed by atoms with Crippen LogP contribution >= 0.6 is 0 Å². The minimum atomic E-state index is -0.214. The molecule has 0 fully saturated rings. The van der Waals surface area contributed by atoms with Gasteiger partial charge in [-0.25, -0.2) is 9.37 Å². The molecule has 0 spiro atoms. The van der Waals surface area contributed by atoms with Crippen LogP contribution in [0.15, 0.2) is 65.2 Å². The van der Waals surface area contributed by atoms with Crippen molar-refractivity contribution in [1.82, 2.24) is 9.88 Å². The molecule has 0 bridgehead atoms. The lowest BCUT2D eigenvalue weighted by molar-refractivity contribution is 0.282. The number of benzene rings is 2. The third-order valence-corrected chi connectivity index (χ3v) is 3.36. The maximum atomic E-state index is 13.2. The van der Waals surface area contributed by atoms with E-state index in [9.17, 15) is 4.39 Å².